The van der Waals surface area contributed by atoms with Crippen LogP contribution >= 0.6 is 34.8 Å². The molecule has 23 heavy (non-hydrogen) atoms. The van der Waals surface area contributed by atoms with Crippen molar-refractivity contribution in [1.29, 1.82) is 0 Å². The second-order valence-corrected chi connectivity index (χ2v) is 8.36. The van der Waals surface area contributed by atoms with Gasteiger partial charge in [-0.2, -0.15) is 0 Å². The van der Waals surface area contributed by atoms with Crippen LogP contribution in [0.2, 0.25) is 0 Å². The highest BCUT2D eigenvalue weighted by Gasteiger charge is 2.41. The van der Waals surface area contributed by atoms with Crippen molar-refractivity contribution in [3.8, 4) is 0 Å². The summed E-state index contributed by atoms with van der Waals surface area (Å²) in [5, 5.41) is 2.84. The largest absolute Gasteiger partial charge is 0.373 e. The number of benzene rings is 1. The van der Waals surface area contributed by atoms with E-state index in [1.165, 1.54) is 0 Å². The molecule has 1 saturated heterocycles. The highest BCUT2D eigenvalue weighted by Crippen LogP contribution is 2.33. The first-order valence-electron chi connectivity index (χ1n) is 7.50. The number of hydrogen-bond acceptors (Lipinski definition) is 3. The zero-order chi connectivity index (χ0) is 17.2. The lowest BCUT2D eigenvalue weighted by Gasteiger charge is -2.42. The highest BCUT2D eigenvalue weighted by molar-refractivity contribution is 6.68. The predicted octanol–water partition coefficient (Wildman–Crippen LogP) is 3.53. The summed E-state index contributed by atoms with van der Waals surface area (Å²) < 4.78 is 4.06. The molecule has 1 amide bonds. The Balaban J connectivity index is 2.16. The van der Waals surface area contributed by atoms with E-state index in [2.05, 4.69) is 5.32 Å². The highest BCUT2D eigenvalue weighted by atomic mass is 35.6. The summed E-state index contributed by atoms with van der Waals surface area (Å²) in [5.74, 6) is -0.270. The molecule has 4 nitrogen and oxygen atoms in total. The summed E-state index contributed by atoms with van der Waals surface area (Å²) >= 11 is 18.4. The zero-order valence-electron chi connectivity index (χ0n) is 13.4. The van der Waals surface area contributed by atoms with Crippen molar-refractivity contribution in [2.45, 2.75) is 42.9 Å². The SMILES string of the molecule is Cc1ccc(C(=O)N[C@@H](N2C[C@@H](C)O[C@@H](C)C2)C(Cl)(Cl)Cl)cc1. The second-order valence-electron chi connectivity index (χ2n) is 5.99. The van der Waals surface area contributed by atoms with E-state index in [0.717, 1.165) is 5.56 Å². The van der Waals surface area contributed by atoms with Crippen LogP contribution in [0.1, 0.15) is 29.8 Å². The molecule has 0 radical (unpaired) electrons. The average molecular weight is 380 g/mol. The molecule has 0 aromatic heterocycles. The Bertz CT molecular complexity index is 535. The van der Waals surface area contributed by atoms with Gasteiger partial charge in [0.1, 0.15) is 6.17 Å². The fourth-order valence-corrected chi connectivity index (χ4v) is 3.30. The molecular weight excluding hydrogens is 359 g/mol. The Kier molecular flexibility index (Phi) is 6.20. The molecule has 3 atom stereocenters. The Labute approximate surface area is 152 Å². The molecule has 2 rings (SSSR count). The molecule has 1 aromatic rings. The third kappa shape index (κ3) is 5.23. The first-order valence-corrected chi connectivity index (χ1v) is 8.64. The van der Waals surface area contributed by atoms with E-state index in [4.69, 9.17) is 39.5 Å². The van der Waals surface area contributed by atoms with Gasteiger partial charge >= 0.3 is 0 Å². The van der Waals surface area contributed by atoms with Gasteiger partial charge in [-0.1, -0.05) is 52.5 Å². The smallest absolute Gasteiger partial charge is 0.252 e. The normalized spacial score (nSPS) is 24.3. The van der Waals surface area contributed by atoms with Gasteiger partial charge in [-0.25, -0.2) is 0 Å². The quantitative estimate of drug-likeness (QED) is 0.817. The van der Waals surface area contributed by atoms with E-state index in [9.17, 15) is 4.79 Å². The van der Waals surface area contributed by atoms with Crippen molar-refractivity contribution < 1.29 is 9.53 Å². The minimum absolute atomic E-state index is 0.00452. The van der Waals surface area contributed by atoms with E-state index >= 15 is 0 Å². The maximum Gasteiger partial charge on any atom is 0.252 e. The van der Waals surface area contributed by atoms with Crippen LogP contribution in [0, 0.1) is 6.92 Å². The van der Waals surface area contributed by atoms with Crippen LogP contribution in [0.25, 0.3) is 0 Å². The van der Waals surface area contributed by atoms with Crippen molar-refractivity contribution in [3.05, 3.63) is 35.4 Å². The standard InChI is InChI=1S/C16H21Cl3N2O2/c1-10-4-6-13(7-5-10)14(22)20-15(16(17,18)19)21-8-11(2)23-12(3)9-21/h4-7,11-12,15H,8-9H2,1-3H3,(H,20,22)/t11-,12+,15-/m0/s1. The molecule has 0 unspecified atom stereocenters. The molecule has 1 aliphatic heterocycles. The lowest BCUT2D eigenvalue weighted by molar-refractivity contribution is -0.0826. The second kappa shape index (κ2) is 7.58. The molecular formula is C16H21Cl3N2O2. The lowest BCUT2D eigenvalue weighted by Crippen LogP contribution is -2.60. The number of hydrogen-bond donors (Lipinski definition) is 1. The van der Waals surface area contributed by atoms with Crippen molar-refractivity contribution in [1.82, 2.24) is 10.2 Å². The fraction of sp³-hybridized carbons (Fsp3) is 0.562. The van der Waals surface area contributed by atoms with Gasteiger partial charge in [0.25, 0.3) is 5.91 Å². The number of morpholine rings is 1. The van der Waals surface area contributed by atoms with Crippen LogP contribution in [-0.4, -0.2) is 46.1 Å². The van der Waals surface area contributed by atoms with Gasteiger partial charge in [0, 0.05) is 18.7 Å². The summed E-state index contributed by atoms with van der Waals surface area (Å²) in [6, 6.07) is 7.26. The molecule has 0 spiro atoms. The summed E-state index contributed by atoms with van der Waals surface area (Å²) in [4.78, 5) is 14.4. The van der Waals surface area contributed by atoms with E-state index in [1.54, 1.807) is 12.1 Å². The first kappa shape index (κ1) is 18.8. The van der Waals surface area contributed by atoms with Crippen molar-refractivity contribution in [3.63, 3.8) is 0 Å². The molecule has 1 aliphatic rings. The van der Waals surface area contributed by atoms with E-state index in [1.807, 2.05) is 37.8 Å². The number of carbonyl (C=O) groups is 1. The predicted molar refractivity (Wildman–Crippen MR) is 94.3 cm³/mol. The summed E-state index contributed by atoms with van der Waals surface area (Å²) in [7, 11) is 0. The van der Waals surface area contributed by atoms with Crippen LogP contribution in [0.5, 0.6) is 0 Å². The van der Waals surface area contributed by atoms with Gasteiger partial charge in [0.05, 0.1) is 12.2 Å². The zero-order valence-corrected chi connectivity index (χ0v) is 15.6. The lowest BCUT2D eigenvalue weighted by atomic mass is 10.1. The Morgan fingerprint density at radius 2 is 1.74 bits per heavy atom. The summed E-state index contributed by atoms with van der Waals surface area (Å²) in [6.45, 7) is 7.04. The van der Waals surface area contributed by atoms with Gasteiger partial charge in [-0.15, -0.1) is 0 Å². The minimum Gasteiger partial charge on any atom is -0.373 e. The Hall–Kier alpha value is -0.520. The molecule has 1 aromatic carbocycles. The van der Waals surface area contributed by atoms with Gasteiger partial charge in [0.2, 0.25) is 3.79 Å². The molecule has 0 saturated carbocycles. The number of nitrogens with zero attached hydrogens (tertiary/aromatic N) is 1. The average Bonchev–Trinajstić information content (AvgIpc) is 2.42. The Morgan fingerprint density at radius 3 is 2.22 bits per heavy atom. The van der Waals surface area contributed by atoms with E-state index < -0.39 is 9.96 Å². The van der Waals surface area contributed by atoms with Crippen molar-refractivity contribution in [2.24, 2.45) is 0 Å². The molecule has 128 valence electrons. The molecule has 1 N–H and O–H groups in total. The molecule has 1 fully saturated rings. The minimum atomic E-state index is -1.64. The van der Waals surface area contributed by atoms with Gasteiger partial charge < -0.3 is 10.1 Å². The first-order chi connectivity index (χ1) is 10.7. The van der Waals surface area contributed by atoms with Crippen LogP contribution in [0.15, 0.2) is 24.3 Å². The maximum absolute atomic E-state index is 12.5. The number of halogens is 3. The number of alkyl halides is 3. The number of ether oxygens (including phenoxy) is 1. The van der Waals surface area contributed by atoms with E-state index in [0.29, 0.717) is 18.7 Å². The molecule has 0 aliphatic carbocycles. The number of nitrogens with one attached hydrogen (secondary N) is 1. The molecule has 7 heteroatoms. The monoisotopic (exact) mass is 378 g/mol. The number of aryl methyl sites for hydroxylation is 1. The topological polar surface area (TPSA) is 41.6 Å². The third-order valence-electron chi connectivity index (χ3n) is 3.70. The van der Waals surface area contributed by atoms with Crippen molar-refractivity contribution >= 4 is 40.7 Å². The van der Waals surface area contributed by atoms with E-state index in [-0.39, 0.29) is 18.1 Å². The molecule has 0 bridgehead atoms. The summed E-state index contributed by atoms with van der Waals surface area (Å²) in [5.41, 5.74) is 1.61. The van der Waals surface area contributed by atoms with Gasteiger partial charge in [-0.05, 0) is 32.9 Å². The van der Waals surface area contributed by atoms with Crippen LogP contribution in [0.3, 0.4) is 0 Å². The van der Waals surface area contributed by atoms with Crippen LogP contribution in [-0.2, 0) is 4.74 Å². The fourth-order valence-electron chi connectivity index (χ4n) is 2.72. The van der Waals surface area contributed by atoms with Crippen molar-refractivity contribution in [2.75, 3.05) is 13.1 Å². The van der Waals surface area contributed by atoms with Gasteiger partial charge in [-0.3, -0.25) is 9.69 Å². The number of carbonyl (C=O) groups excluding carboxylic acids is 1. The van der Waals surface area contributed by atoms with Gasteiger partial charge in [0.15, 0.2) is 0 Å². The van der Waals surface area contributed by atoms with Crippen LogP contribution in [0.4, 0.5) is 0 Å². The number of rotatable bonds is 3. The molecule has 1 heterocycles. The summed E-state index contributed by atoms with van der Waals surface area (Å²) in [6.07, 6.45) is -0.718. The Morgan fingerprint density at radius 1 is 1.22 bits per heavy atom. The van der Waals surface area contributed by atoms with Crippen LogP contribution < -0.4 is 5.32 Å². The number of amides is 1. The maximum atomic E-state index is 12.5. The third-order valence-corrected chi connectivity index (χ3v) is 4.32.